The van der Waals surface area contributed by atoms with E-state index in [0.717, 1.165) is 22.4 Å². The fourth-order valence-corrected chi connectivity index (χ4v) is 2.37. The predicted molar refractivity (Wildman–Crippen MR) is 74.7 cm³/mol. The van der Waals surface area contributed by atoms with Crippen molar-refractivity contribution in [3.05, 3.63) is 64.0 Å². The molecule has 0 atom stereocenters. The van der Waals surface area contributed by atoms with Gasteiger partial charge in [0.1, 0.15) is 4.60 Å². The minimum Gasteiger partial charge on any atom is -0.234 e. The lowest BCUT2D eigenvalue weighted by atomic mass is 10.1. The summed E-state index contributed by atoms with van der Waals surface area (Å²) < 4.78 is 2.69. The van der Waals surface area contributed by atoms with Crippen molar-refractivity contribution in [3.63, 3.8) is 0 Å². The van der Waals surface area contributed by atoms with Crippen LogP contribution < -0.4 is 0 Å². The van der Waals surface area contributed by atoms with Crippen LogP contribution in [0.2, 0.25) is 0 Å². The minimum atomic E-state index is 0.836. The van der Waals surface area contributed by atoms with Gasteiger partial charge < -0.3 is 0 Å². The Balaban J connectivity index is 1.97. The molecule has 3 nitrogen and oxygen atoms in total. The van der Waals surface area contributed by atoms with Crippen LogP contribution in [-0.2, 0) is 6.42 Å². The van der Waals surface area contributed by atoms with Crippen molar-refractivity contribution < 1.29 is 0 Å². The van der Waals surface area contributed by atoms with Crippen LogP contribution in [0.3, 0.4) is 0 Å². The number of nitrogens with zero attached hydrogens (tertiary/aromatic N) is 3. The maximum atomic E-state index is 4.57. The Morgan fingerprint density at radius 3 is 2.94 bits per heavy atom. The molecule has 0 unspecified atom stereocenters. The first-order valence-electron chi connectivity index (χ1n) is 5.77. The molecule has 2 heterocycles. The van der Waals surface area contributed by atoms with E-state index in [0.29, 0.717) is 0 Å². The molecular weight excluding hydrogens is 290 g/mol. The highest BCUT2D eigenvalue weighted by Crippen LogP contribution is 2.14. The summed E-state index contributed by atoms with van der Waals surface area (Å²) >= 11 is 3.44. The molecule has 0 fully saturated rings. The number of hydrogen-bond acceptors (Lipinski definition) is 2. The number of aryl methyl sites for hydroxylation is 1. The number of fused-ring (bicyclic) bond motifs is 1. The first-order valence-corrected chi connectivity index (χ1v) is 6.56. The highest BCUT2D eigenvalue weighted by atomic mass is 79.9. The minimum absolute atomic E-state index is 0.836. The average Bonchev–Trinajstić information content (AvgIpc) is 2.71. The normalized spacial score (nSPS) is 11.0. The molecule has 3 rings (SSSR count). The molecule has 0 aliphatic rings. The maximum absolute atomic E-state index is 4.57. The third kappa shape index (κ3) is 2.16. The number of hydrogen-bond donors (Lipinski definition) is 0. The Bertz CT molecular complexity index is 703. The molecule has 0 bridgehead atoms. The van der Waals surface area contributed by atoms with E-state index in [9.17, 15) is 0 Å². The van der Waals surface area contributed by atoms with Crippen molar-refractivity contribution in [2.45, 2.75) is 13.3 Å². The van der Waals surface area contributed by atoms with Crippen LogP contribution >= 0.6 is 15.9 Å². The third-order valence-corrected chi connectivity index (χ3v) is 3.38. The Morgan fingerprint density at radius 2 is 2.11 bits per heavy atom. The Kier molecular flexibility index (Phi) is 2.88. The van der Waals surface area contributed by atoms with Gasteiger partial charge in [-0.05, 0) is 40.5 Å². The summed E-state index contributed by atoms with van der Waals surface area (Å²) in [7, 11) is 0. The van der Waals surface area contributed by atoms with E-state index in [-0.39, 0.29) is 0 Å². The van der Waals surface area contributed by atoms with E-state index in [1.165, 1.54) is 11.1 Å². The van der Waals surface area contributed by atoms with Crippen molar-refractivity contribution in [1.29, 1.82) is 0 Å². The Labute approximate surface area is 114 Å². The Hall–Kier alpha value is -1.68. The van der Waals surface area contributed by atoms with Gasteiger partial charge in [-0.25, -0.2) is 9.50 Å². The van der Waals surface area contributed by atoms with E-state index >= 15 is 0 Å². The summed E-state index contributed by atoms with van der Waals surface area (Å²) in [6.07, 6.45) is 2.60. The highest BCUT2D eigenvalue weighted by Gasteiger charge is 2.04. The molecule has 4 heteroatoms. The summed E-state index contributed by atoms with van der Waals surface area (Å²) in [5, 5.41) is 4.57. The molecule has 3 aromatic rings. The van der Waals surface area contributed by atoms with E-state index in [1.807, 2.05) is 16.6 Å². The van der Waals surface area contributed by atoms with Gasteiger partial charge in [0.05, 0.1) is 11.9 Å². The molecule has 18 heavy (non-hydrogen) atoms. The van der Waals surface area contributed by atoms with E-state index in [1.54, 1.807) is 6.20 Å². The predicted octanol–water partition coefficient (Wildman–Crippen LogP) is 3.39. The fraction of sp³-hybridized carbons (Fsp3) is 0.143. The summed E-state index contributed by atoms with van der Waals surface area (Å²) in [6.45, 7) is 2.10. The number of rotatable bonds is 2. The first-order chi connectivity index (χ1) is 8.72. The zero-order valence-electron chi connectivity index (χ0n) is 9.97. The zero-order valence-corrected chi connectivity index (χ0v) is 11.6. The standard InChI is InChI=1S/C14H12BrN3/c1-10-3-2-4-11(7-10)8-12-5-6-14-16-9-13(15)18(14)17-12/h2-7,9H,8H2,1H3. The lowest BCUT2D eigenvalue weighted by Crippen LogP contribution is -1.99. The number of imidazole rings is 1. The molecular formula is C14H12BrN3. The summed E-state index contributed by atoms with van der Waals surface area (Å²) in [4.78, 5) is 4.23. The van der Waals surface area contributed by atoms with Gasteiger partial charge in [-0.1, -0.05) is 29.8 Å². The smallest absolute Gasteiger partial charge is 0.154 e. The van der Waals surface area contributed by atoms with Gasteiger partial charge in [0.15, 0.2) is 5.65 Å². The fourth-order valence-electron chi connectivity index (χ4n) is 2.01. The number of halogens is 1. The van der Waals surface area contributed by atoms with Crippen LogP contribution in [0.4, 0.5) is 0 Å². The van der Waals surface area contributed by atoms with Crippen LogP contribution in [0, 0.1) is 6.92 Å². The van der Waals surface area contributed by atoms with Crippen LogP contribution in [0.1, 0.15) is 16.8 Å². The van der Waals surface area contributed by atoms with Crippen molar-refractivity contribution in [2.24, 2.45) is 0 Å². The van der Waals surface area contributed by atoms with Gasteiger partial charge in [0.25, 0.3) is 0 Å². The SMILES string of the molecule is Cc1cccc(Cc2ccc3ncc(Br)n3n2)c1. The summed E-state index contributed by atoms with van der Waals surface area (Å²) in [5.74, 6) is 0. The maximum Gasteiger partial charge on any atom is 0.154 e. The van der Waals surface area contributed by atoms with Crippen LogP contribution in [0.25, 0.3) is 5.65 Å². The monoisotopic (exact) mass is 301 g/mol. The molecule has 1 aromatic carbocycles. The van der Waals surface area contributed by atoms with Crippen molar-refractivity contribution >= 4 is 21.6 Å². The van der Waals surface area contributed by atoms with Gasteiger partial charge in [0.2, 0.25) is 0 Å². The lowest BCUT2D eigenvalue weighted by Gasteiger charge is -2.03. The van der Waals surface area contributed by atoms with Crippen molar-refractivity contribution in [2.75, 3.05) is 0 Å². The number of aromatic nitrogens is 3. The van der Waals surface area contributed by atoms with Gasteiger partial charge in [0, 0.05) is 6.42 Å². The van der Waals surface area contributed by atoms with Crippen LogP contribution in [0.15, 0.2) is 47.2 Å². The molecule has 0 aliphatic heterocycles. The second-order valence-electron chi connectivity index (χ2n) is 4.34. The quantitative estimate of drug-likeness (QED) is 0.726. The van der Waals surface area contributed by atoms with Crippen LogP contribution in [-0.4, -0.2) is 14.6 Å². The van der Waals surface area contributed by atoms with Crippen LogP contribution in [0.5, 0.6) is 0 Å². The molecule has 0 saturated heterocycles. The van der Waals surface area contributed by atoms with Crippen molar-refractivity contribution in [3.8, 4) is 0 Å². The molecule has 0 N–H and O–H groups in total. The van der Waals surface area contributed by atoms with Gasteiger partial charge in [-0.15, -0.1) is 0 Å². The van der Waals surface area contributed by atoms with Gasteiger partial charge >= 0.3 is 0 Å². The largest absolute Gasteiger partial charge is 0.234 e. The van der Waals surface area contributed by atoms with E-state index in [2.05, 4.69) is 57.2 Å². The average molecular weight is 302 g/mol. The molecule has 0 aliphatic carbocycles. The summed E-state index contributed by atoms with van der Waals surface area (Å²) in [5.41, 5.74) is 4.44. The van der Waals surface area contributed by atoms with Gasteiger partial charge in [-0.3, -0.25) is 0 Å². The molecule has 90 valence electrons. The molecule has 0 saturated carbocycles. The first kappa shape index (κ1) is 11.4. The second kappa shape index (κ2) is 4.53. The Morgan fingerprint density at radius 1 is 1.22 bits per heavy atom. The third-order valence-electron chi connectivity index (χ3n) is 2.84. The number of benzene rings is 1. The van der Waals surface area contributed by atoms with E-state index < -0.39 is 0 Å². The molecule has 0 spiro atoms. The summed E-state index contributed by atoms with van der Waals surface area (Å²) in [6, 6.07) is 12.5. The highest BCUT2D eigenvalue weighted by molar-refractivity contribution is 9.10. The van der Waals surface area contributed by atoms with Gasteiger partial charge in [-0.2, -0.15) is 5.10 Å². The van der Waals surface area contributed by atoms with E-state index in [4.69, 9.17) is 0 Å². The second-order valence-corrected chi connectivity index (χ2v) is 5.15. The van der Waals surface area contributed by atoms with Crippen molar-refractivity contribution in [1.82, 2.24) is 14.6 Å². The zero-order chi connectivity index (χ0) is 12.5. The molecule has 2 aromatic heterocycles. The molecule has 0 radical (unpaired) electrons. The molecule has 0 amide bonds. The lowest BCUT2D eigenvalue weighted by molar-refractivity contribution is 0.859. The topological polar surface area (TPSA) is 30.2 Å².